The van der Waals surface area contributed by atoms with Gasteiger partial charge in [-0.2, -0.15) is 0 Å². The predicted octanol–water partition coefficient (Wildman–Crippen LogP) is 3.16. The third-order valence-corrected chi connectivity index (χ3v) is 6.83. The Bertz CT molecular complexity index is 956. The molecule has 1 aliphatic heterocycles. The zero-order valence-electron chi connectivity index (χ0n) is 16.4. The molecule has 1 saturated heterocycles. The van der Waals surface area contributed by atoms with E-state index < -0.39 is 15.9 Å². The summed E-state index contributed by atoms with van der Waals surface area (Å²) in [6.45, 7) is 3.60. The Balaban J connectivity index is 1.61. The molecule has 1 amide bonds. The molecule has 0 bridgehead atoms. The molecule has 6 nitrogen and oxygen atoms in total. The number of rotatable bonds is 7. The van der Waals surface area contributed by atoms with Crippen molar-refractivity contribution in [1.29, 1.82) is 0 Å². The average molecular weight is 436 g/mol. The van der Waals surface area contributed by atoms with Crippen molar-refractivity contribution in [2.45, 2.75) is 37.2 Å². The maximum absolute atomic E-state index is 12.5. The Morgan fingerprint density at radius 2 is 1.69 bits per heavy atom. The molecular formula is C21H26ClN3O3S. The highest BCUT2D eigenvalue weighted by Gasteiger charge is 2.17. The van der Waals surface area contributed by atoms with E-state index in [-0.39, 0.29) is 15.5 Å². The van der Waals surface area contributed by atoms with Crippen LogP contribution in [-0.2, 0) is 23.1 Å². The summed E-state index contributed by atoms with van der Waals surface area (Å²) in [5.41, 5.74) is 2.36. The summed E-state index contributed by atoms with van der Waals surface area (Å²) < 4.78 is 26.1. The van der Waals surface area contributed by atoms with E-state index in [0.717, 1.165) is 25.2 Å². The number of sulfonamides is 1. The minimum Gasteiger partial charge on any atom is -0.348 e. The molecule has 0 unspecified atom stereocenters. The predicted molar refractivity (Wildman–Crippen MR) is 114 cm³/mol. The van der Waals surface area contributed by atoms with Gasteiger partial charge in [0.25, 0.3) is 5.91 Å². The fourth-order valence-electron chi connectivity index (χ4n) is 3.38. The van der Waals surface area contributed by atoms with Gasteiger partial charge in [-0.25, -0.2) is 13.1 Å². The smallest absolute Gasteiger partial charge is 0.253 e. The summed E-state index contributed by atoms with van der Waals surface area (Å²) in [7, 11) is -2.33. The van der Waals surface area contributed by atoms with Gasteiger partial charge in [-0.05, 0) is 62.3 Å². The minimum atomic E-state index is -3.65. The van der Waals surface area contributed by atoms with Crippen LogP contribution in [0.15, 0.2) is 47.4 Å². The van der Waals surface area contributed by atoms with Crippen LogP contribution in [-0.4, -0.2) is 39.4 Å². The molecule has 0 saturated carbocycles. The van der Waals surface area contributed by atoms with Crippen LogP contribution < -0.4 is 10.0 Å². The molecular weight excluding hydrogens is 410 g/mol. The number of amides is 1. The summed E-state index contributed by atoms with van der Waals surface area (Å²) in [6.07, 6.45) is 3.86. The summed E-state index contributed by atoms with van der Waals surface area (Å²) in [5.74, 6) is -0.416. The van der Waals surface area contributed by atoms with E-state index >= 15 is 0 Å². The van der Waals surface area contributed by atoms with Gasteiger partial charge in [-0.1, -0.05) is 42.3 Å². The second-order valence-electron chi connectivity index (χ2n) is 7.19. The van der Waals surface area contributed by atoms with Crippen LogP contribution in [0, 0.1) is 0 Å². The van der Waals surface area contributed by atoms with E-state index in [1.807, 2.05) is 12.1 Å². The first-order chi connectivity index (χ1) is 13.9. The highest BCUT2D eigenvalue weighted by atomic mass is 35.5. The van der Waals surface area contributed by atoms with Gasteiger partial charge < -0.3 is 5.32 Å². The lowest BCUT2D eigenvalue weighted by molar-refractivity contribution is 0.0951. The van der Waals surface area contributed by atoms with E-state index in [0.29, 0.717) is 6.54 Å². The summed E-state index contributed by atoms with van der Waals surface area (Å²) in [5, 5.41) is 3.01. The molecule has 0 aliphatic carbocycles. The number of carbonyl (C=O) groups is 1. The Morgan fingerprint density at radius 3 is 2.34 bits per heavy atom. The Labute approximate surface area is 177 Å². The minimum absolute atomic E-state index is 0.00313. The Kier molecular flexibility index (Phi) is 7.29. The summed E-state index contributed by atoms with van der Waals surface area (Å²) >= 11 is 6.10. The molecule has 8 heteroatoms. The van der Waals surface area contributed by atoms with E-state index in [9.17, 15) is 13.2 Å². The van der Waals surface area contributed by atoms with Crippen LogP contribution in [0.2, 0.25) is 5.02 Å². The number of piperidine rings is 1. The standard InChI is InChI=1S/C21H26ClN3O3S/c1-23-29(27,28)18-9-10-20(22)19(13-18)21(26)24-14-16-5-7-17(8-6-16)15-25-11-3-2-4-12-25/h5-10,13,23H,2-4,11-12,14-15H2,1H3,(H,24,26). The molecule has 156 valence electrons. The van der Waals surface area contributed by atoms with Crippen LogP contribution in [0.3, 0.4) is 0 Å². The maximum Gasteiger partial charge on any atom is 0.253 e. The second kappa shape index (κ2) is 9.71. The normalized spacial score (nSPS) is 15.2. The molecule has 2 N–H and O–H groups in total. The number of nitrogens with zero attached hydrogens (tertiary/aromatic N) is 1. The average Bonchev–Trinajstić information content (AvgIpc) is 2.74. The Morgan fingerprint density at radius 1 is 1.03 bits per heavy atom. The van der Waals surface area contributed by atoms with Gasteiger partial charge in [0.05, 0.1) is 15.5 Å². The van der Waals surface area contributed by atoms with E-state index in [1.54, 1.807) is 0 Å². The number of likely N-dealkylation sites (tertiary alicyclic amines) is 1. The van der Waals surface area contributed by atoms with Gasteiger partial charge in [0.15, 0.2) is 0 Å². The van der Waals surface area contributed by atoms with Crippen LogP contribution in [0.25, 0.3) is 0 Å². The SMILES string of the molecule is CNS(=O)(=O)c1ccc(Cl)c(C(=O)NCc2ccc(CN3CCCCC3)cc2)c1. The van der Waals surface area contributed by atoms with Gasteiger partial charge in [0.1, 0.15) is 0 Å². The summed E-state index contributed by atoms with van der Waals surface area (Å²) in [4.78, 5) is 15.0. The van der Waals surface area contributed by atoms with Crippen molar-refractivity contribution in [3.8, 4) is 0 Å². The van der Waals surface area contributed by atoms with Crippen molar-refractivity contribution in [2.75, 3.05) is 20.1 Å². The van der Waals surface area contributed by atoms with Crippen molar-refractivity contribution in [3.05, 3.63) is 64.2 Å². The molecule has 1 fully saturated rings. The van der Waals surface area contributed by atoms with Gasteiger partial charge >= 0.3 is 0 Å². The molecule has 3 rings (SSSR count). The number of halogens is 1. The zero-order chi connectivity index (χ0) is 20.9. The first-order valence-corrected chi connectivity index (χ1v) is 11.6. The van der Waals surface area contributed by atoms with E-state index in [1.165, 1.54) is 50.1 Å². The topological polar surface area (TPSA) is 78.5 Å². The molecule has 2 aromatic rings. The number of hydrogen-bond donors (Lipinski definition) is 2. The monoisotopic (exact) mass is 435 g/mol. The molecule has 0 spiro atoms. The highest BCUT2D eigenvalue weighted by molar-refractivity contribution is 7.89. The lowest BCUT2D eigenvalue weighted by atomic mass is 10.1. The fraction of sp³-hybridized carbons (Fsp3) is 0.381. The number of nitrogens with one attached hydrogen (secondary N) is 2. The quantitative estimate of drug-likeness (QED) is 0.700. The van der Waals surface area contributed by atoms with Crippen molar-refractivity contribution in [2.24, 2.45) is 0 Å². The maximum atomic E-state index is 12.5. The van der Waals surface area contributed by atoms with Crippen LogP contribution in [0.1, 0.15) is 40.7 Å². The lowest BCUT2D eigenvalue weighted by Crippen LogP contribution is -2.29. The van der Waals surface area contributed by atoms with Crippen LogP contribution in [0.5, 0.6) is 0 Å². The summed E-state index contributed by atoms with van der Waals surface area (Å²) in [6, 6.07) is 12.2. The van der Waals surface area contributed by atoms with Crippen LogP contribution in [0.4, 0.5) is 0 Å². The van der Waals surface area contributed by atoms with Crippen molar-refractivity contribution in [1.82, 2.24) is 14.9 Å². The van der Waals surface area contributed by atoms with Crippen molar-refractivity contribution < 1.29 is 13.2 Å². The van der Waals surface area contributed by atoms with Gasteiger partial charge in [0.2, 0.25) is 10.0 Å². The van der Waals surface area contributed by atoms with Gasteiger partial charge in [0, 0.05) is 13.1 Å². The van der Waals surface area contributed by atoms with E-state index in [2.05, 4.69) is 27.1 Å². The molecule has 0 atom stereocenters. The number of hydrogen-bond acceptors (Lipinski definition) is 4. The van der Waals surface area contributed by atoms with Gasteiger partial charge in [-0.3, -0.25) is 9.69 Å². The van der Waals surface area contributed by atoms with Gasteiger partial charge in [-0.15, -0.1) is 0 Å². The first kappa shape index (κ1) is 21.8. The largest absolute Gasteiger partial charge is 0.348 e. The molecule has 2 aromatic carbocycles. The van der Waals surface area contributed by atoms with E-state index in [4.69, 9.17) is 11.6 Å². The Hall–Kier alpha value is -1.93. The third kappa shape index (κ3) is 5.79. The lowest BCUT2D eigenvalue weighted by Gasteiger charge is -2.26. The number of carbonyl (C=O) groups excluding carboxylic acids is 1. The zero-order valence-corrected chi connectivity index (χ0v) is 18.0. The number of benzene rings is 2. The fourth-order valence-corrected chi connectivity index (χ4v) is 4.34. The van der Waals surface area contributed by atoms with Crippen molar-refractivity contribution in [3.63, 3.8) is 0 Å². The first-order valence-electron chi connectivity index (χ1n) is 9.70. The third-order valence-electron chi connectivity index (χ3n) is 5.09. The highest BCUT2D eigenvalue weighted by Crippen LogP contribution is 2.21. The molecule has 0 aromatic heterocycles. The van der Waals surface area contributed by atoms with Crippen molar-refractivity contribution >= 4 is 27.5 Å². The molecule has 0 radical (unpaired) electrons. The molecule has 1 heterocycles. The van der Waals surface area contributed by atoms with Crippen LogP contribution >= 0.6 is 11.6 Å². The molecule has 1 aliphatic rings. The second-order valence-corrected chi connectivity index (χ2v) is 9.48. The molecule has 29 heavy (non-hydrogen) atoms.